The summed E-state index contributed by atoms with van der Waals surface area (Å²) in [6, 6.07) is 16.6. The number of ether oxygens (including phenoxy) is 1. The number of carboxylic acid groups (broad SMARTS) is 1. The molecule has 2 aromatic rings. The zero-order valence-electron chi connectivity index (χ0n) is 13.6. The second-order valence-electron chi connectivity index (χ2n) is 5.52. The van der Waals surface area contributed by atoms with E-state index in [2.05, 4.69) is 5.32 Å². The van der Waals surface area contributed by atoms with Crippen LogP contribution in [0.3, 0.4) is 0 Å². The molecule has 0 aliphatic heterocycles. The number of carboxylic acids is 1. The number of benzene rings is 2. The third-order valence-corrected chi connectivity index (χ3v) is 3.63. The highest BCUT2D eigenvalue weighted by Crippen LogP contribution is 2.19. The first-order valence-corrected chi connectivity index (χ1v) is 7.80. The summed E-state index contributed by atoms with van der Waals surface area (Å²) < 4.78 is 5.48. The predicted molar refractivity (Wildman–Crippen MR) is 91.8 cm³/mol. The van der Waals surface area contributed by atoms with Crippen molar-refractivity contribution in [1.82, 2.24) is 0 Å². The maximum absolute atomic E-state index is 11.9. The highest BCUT2D eigenvalue weighted by molar-refractivity contribution is 5.91. The van der Waals surface area contributed by atoms with Gasteiger partial charge in [0.25, 0.3) is 0 Å². The van der Waals surface area contributed by atoms with Gasteiger partial charge in [-0.3, -0.25) is 9.59 Å². The van der Waals surface area contributed by atoms with Gasteiger partial charge in [0.2, 0.25) is 5.91 Å². The normalized spacial score (nSPS) is 11.7. The van der Waals surface area contributed by atoms with E-state index in [1.807, 2.05) is 30.3 Å². The van der Waals surface area contributed by atoms with Crippen LogP contribution in [0.15, 0.2) is 54.6 Å². The van der Waals surface area contributed by atoms with E-state index in [-0.39, 0.29) is 12.3 Å². The van der Waals surface area contributed by atoms with Crippen LogP contribution in [0.2, 0.25) is 0 Å². The van der Waals surface area contributed by atoms with Gasteiger partial charge in [0, 0.05) is 5.69 Å². The van der Waals surface area contributed by atoms with E-state index >= 15 is 0 Å². The highest BCUT2D eigenvalue weighted by atomic mass is 16.5. The van der Waals surface area contributed by atoms with Crippen molar-refractivity contribution in [2.45, 2.75) is 25.9 Å². The van der Waals surface area contributed by atoms with Crippen LogP contribution in [0.1, 0.15) is 30.4 Å². The largest absolute Gasteiger partial charge is 0.481 e. The van der Waals surface area contributed by atoms with Gasteiger partial charge in [0.05, 0.1) is 25.6 Å². The molecule has 0 aromatic heterocycles. The van der Waals surface area contributed by atoms with Gasteiger partial charge in [-0.05, 0) is 30.2 Å². The molecule has 0 fully saturated rings. The van der Waals surface area contributed by atoms with Crippen LogP contribution in [-0.2, 0) is 20.9 Å². The van der Waals surface area contributed by atoms with Crippen molar-refractivity contribution in [3.05, 3.63) is 65.7 Å². The van der Waals surface area contributed by atoms with Crippen LogP contribution in [0.5, 0.6) is 0 Å². The lowest BCUT2D eigenvalue weighted by Gasteiger charge is -2.10. The molecule has 0 radical (unpaired) electrons. The van der Waals surface area contributed by atoms with E-state index in [1.54, 1.807) is 31.2 Å². The van der Waals surface area contributed by atoms with Crippen LogP contribution in [0, 0.1) is 0 Å². The molecule has 0 heterocycles. The lowest BCUT2D eigenvalue weighted by Crippen LogP contribution is -2.15. The maximum atomic E-state index is 11.9. The number of anilines is 1. The third-order valence-electron chi connectivity index (χ3n) is 3.63. The number of rotatable bonds is 8. The molecular formula is C19H21NO4. The minimum absolute atomic E-state index is 0.164. The number of amides is 1. The van der Waals surface area contributed by atoms with Crippen LogP contribution >= 0.6 is 0 Å². The molecule has 0 aliphatic rings. The van der Waals surface area contributed by atoms with Gasteiger partial charge >= 0.3 is 5.97 Å². The SMILES string of the molecule is CC(C(=O)O)c1cccc(NC(=O)CCOCc2ccccc2)c1. The minimum atomic E-state index is -0.896. The molecule has 2 rings (SSSR count). The summed E-state index contributed by atoms with van der Waals surface area (Å²) in [5.74, 6) is -1.67. The van der Waals surface area contributed by atoms with E-state index in [1.165, 1.54) is 0 Å². The Balaban J connectivity index is 1.78. The molecule has 0 spiro atoms. The van der Waals surface area contributed by atoms with Gasteiger partial charge in [-0.25, -0.2) is 0 Å². The molecule has 5 nitrogen and oxygen atoms in total. The number of nitrogens with one attached hydrogen (secondary N) is 1. The number of hydrogen-bond acceptors (Lipinski definition) is 3. The topological polar surface area (TPSA) is 75.6 Å². The number of aliphatic carboxylic acids is 1. The van der Waals surface area contributed by atoms with Gasteiger partial charge in [0.15, 0.2) is 0 Å². The van der Waals surface area contributed by atoms with Crippen LogP contribution in [0.4, 0.5) is 5.69 Å². The summed E-state index contributed by atoms with van der Waals surface area (Å²) in [5.41, 5.74) is 2.31. The summed E-state index contributed by atoms with van der Waals surface area (Å²) in [6.45, 7) is 2.41. The average molecular weight is 327 g/mol. The standard InChI is InChI=1S/C19H21NO4/c1-14(19(22)23)16-8-5-9-17(12-16)20-18(21)10-11-24-13-15-6-3-2-4-7-15/h2-9,12,14H,10-11,13H2,1H3,(H,20,21)(H,22,23). The van der Waals surface area contributed by atoms with Gasteiger partial charge in [-0.1, -0.05) is 42.5 Å². The summed E-state index contributed by atoms with van der Waals surface area (Å²) in [4.78, 5) is 23.0. The van der Waals surface area contributed by atoms with Crippen LogP contribution in [-0.4, -0.2) is 23.6 Å². The minimum Gasteiger partial charge on any atom is -0.481 e. The Bertz CT molecular complexity index is 685. The quantitative estimate of drug-likeness (QED) is 0.729. The summed E-state index contributed by atoms with van der Waals surface area (Å²) in [7, 11) is 0. The Labute approximate surface area is 141 Å². The van der Waals surface area contributed by atoms with Gasteiger partial charge < -0.3 is 15.2 Å². The van der Waals surface area contributed by atoms with Crippen molar-refractivity contribution < 1.29 is 19.4 Å². The first-order chi connectivity index (χ1) is 11.6. The van der Waals surface area contributed by atoms with Crippen molar-refractivity contribution >= 4 is 17.6 Å². The summed E-state index contributed by atoms with van der Waals surface area (Å²) >= 11 is 0. The fraction of sp³-hybridized carbons (Fsp3) is 0.263. The van der Waals surface area contributed by atoms with Gasteiger partial charge in [0.1, 0.15) is 0 Å². The van der Waals surface area contributed by atoms with Crippen molar-refractivity contribution in [3.63, 3.8) is 0 Å². The Hall–Kier alpha value is -2.66. The van der Waals surface area contributed by atoms with E-state index in [4.69, 9.17) is 9.84 Å². The Kier molecular flexibility index (Phi) is 6.51. The molecular weight excluding hydrogens is 306 g/mol. The zero-order chi connectivity index (χ0) is 17.4. The fourth-order valence-corrected chi connectivity index (χ4v) is 2.18. The summed E-state index contributed by atoms with van der Waals surface area (Å²) in [5, 5.41) is 11.8. The Morgan fingerprint density at radius 2 is 1.88 bits per heavy atom. The monoisotopic (exact) mass is 327 g/mol. The van der Waals surface area contributed by atoms with Crippen molar-refractivity contribution in [2.24, 2.45) is 0 Å². The zero-order valence-corrected chi connectivity index (χ0v) is 13.6. The maximum Gasteiger partial charge on any atom is 0.310 e. The smallest absolute Gasteiger partial charge is 0.310 e. The molecule has 1 atom stereocenters. The number of hydrogen-bond donors (Lipinski definition) is 2. The second kappa shape index (κ2) is 8.84. The van der Waals surface area contributed by atoms with Crippen LogP contribution < -0.4 is 5.32 Å². The molecule has 126 valence electrons. The molecule has 1 amide bonds. The van der Waals surface area contributed by atoms with E-state index < -0.39 is 11.9 Å². The lowest BCUT2D eigenvalue weighted by atomic mass is 10.0. The second-order valence-corrected chi connectivity index (χ2v) is 5.52. The third kappa shape index (κ3) is 5.52. The average Bonchev–Trinajstić information content (AvgIpc) is 2.59. The molecule has 2 aromatic carbocycles. The highest BCUT2D eigenvalue weighted by Gasteiger charge is 2.14. The van der Waals surface area contributed by atoms with Crippen molar-refractivity contribution in [3.8, 4) is 0 Å². The van der Waals surface area contributed by atoms with E-state index in [0.29, 0.717) is 24.5 Å². The summed E-state index contributed by atoms with van der Waals surface area (Å²) in [6.07, 6.45) is 0.242. The Morgan fingerprint density at radius 1 is 1.12 bits per heavy atom. The number of carbonyl (C=O) groups is 2. The molecule has 5 heteroatoms. The van der Waals surface area contributed by atoms with Gasteiger partial charge in [-0.15, -0.1) is 0 Å². The van der Waals surface area contributed by atoms with Crippen LogP contribution in [0.25, 0.3) is 0 Å². The van der Waals surface area contributed by atoms with Gasteiger partial charge in [-0.2, -0.15) is 0 Å². The molecule has 2 N–H and O–H groups in total. The molecule has 0 saturated carbocycles. The first kappa shape index (κ1) is 17.7. The molecule has 1 unspecified atom stereocenters. The molecule has 24 heavy (non-hydrogen) atoms. The van der Waals surface area contributed by atoms with E-state index in [9.17, 15) is 9.59 Å². The number of carbonyl (C=O) groups excluding carboxylic acids is 1. The Morgan fingerprint density at radius 3 is 2.58 bits per heavy atom. The lowest BCUT2D eigenvalue weighted by molar-refractivity contribution is -0.138. The predicted octanol–water partition coefficient (Wildman–Crippen LogP) is 3.42. The molecule has 0 aliphatic carbocycles. The first-order valence-electron chi connectivity index (χ1n) is 7.80. The molecule has 0 saturated heterocycles. The van der Waals surface area contributed by atoms with E-state index in [0.717, 1.165) is 5.56 Å². The molecule has 0 bridgehead atoms. The fourth-order valence-electron chi connectivity index (χ4n) is 2.18. The van der Waals surface area contributed by atoms with Crippen molar-refractivity contribution in [2.75, 3.05) is 11.9 Å². The van der Waals surface area contributed by atoms with Crippen molar-refractivity contribution in [1.29, 1.82) is 0 Å².